The van der Waals surface area contributed by atoms with Gasteiger partial charge in [-0.1, -0.05) is 36.9 Å². The fourth-order valence-electron chi connectivity index (χ4n) is 3.89. The minimum absolute atomic E-state index is 0.0403. The Labute approximate surface area is 193 Å². The number of methoxy groups -OCH3 is 1. The van der Waals surface area contributed by atoms with Gasteiger partial charge in [-0.05, 0) is 55.8 Å². The lowest BCUT2D eigenvalue weighted by Crippen LogP contribution is -2.45. The maximum absolute atomic E-state index is 12.6. The fourth-order valence-corrected chi connectivity index (χ4v) is 4.66. The number of nitrogens with zero attached hydrogens (tertiary/aromatic N) is 4. The fraction of sp³-hybridized carbons (Fsp3) is 0.375. The minimum atomic E-state index is 0.0403. The van der Waals surface area contributed by atoms with E-state index in [9.17, 15) is 4.79 Å². The zero-order valence-corrected chi connectivity index (χ0v) is 19.3. The molecule has 1 aliphatic rings. The van der Waals surface area contributed by atoms with Crippen LogP contribution in [-0.4, -0.2) is 64.1 Å². The number of nitrogens with one attached hydrogen (secondary N) is 1. The maximum atomic E-state index is 12.6. The number of rotatable bonds is 8. The SMILES string of the molecule is CCN1CCC(NC(=O)CSc2nnc(-c3ccc(OC)cc3)n2-c2ccccc2)CC1. The number of hydrogen-bond acceptors (Lipinski definition) is 6. The summed E-state index contributed by atoms with van der Waals surface area (Å²) in [5.41, 5.74) is 1.89. The van der Waals surface area contributed by atoms with E-state index in [2.05, 4.69) is 27.3 Å². The molecular formula is C24H29N5O2S. The third-order valence-corrected chi connectivity index (χ3v) is 6.66. The second-order valence-corrected chi connectivity index (χ2v) is 8.71. The van der Waals surface area contributed by atoms with Crippen molar-refractivity contribution >= 4 is 17.7 Å². The number of hydrogen-bond donors (Lipinski definition) is 1. The van der Waals surface area contributed by atoms with Crippen LogP contribution in [0.5, 0.6) is 5.75 Å². The number of amides is 1. The van der Waals surface area contributed by atoms with Crippen molar-refractivity contribution in [3.63, 3.8) is 0 Å². The van der Waals surface area contributed by atoms with Gasteiger partial charge in [-0.3, -0.25) is 9.36 Å². The summed E-state index contributed by atoms with van der Waals surface area (Å²) in [5, 5.41) is 12.7. The molecule has 0 saturated carbocycles. The van der Waals surface area contributed by atoms with Crippen LogP contribution in [0.3, 0.4) is 0 Å². The van der Waals surface area contributed by atoms with Gasteiger partial charge in [0, 0.05) is 30.4 Å². The van der Waals surface area contributed by atoms with Crippen LogP contribution < -0.4 is 10.1 Å². The van der Waals surface area contributed by atoms with Crippen LogP contribution in [0.15, 0.2) is 59.8 Å². The quantitative estimate of drug-likeness (QED) is 0.527. The number of aromatic nitrogens is 3. The summed E-state index contributed by atoms with van der Waals surface area (Å²) >= 11 is 1.41. The number of piperidine rings is 1. The van der Waals surface area contributed by atoms with Crippen molar-refractivity contribution in [3.8, 4) is 22.8 Å². The Morgan fingerprint density at radius 2 is 1.81 bits per heavy atom. The first-order valence-electron chi connectivity index (χ1n) is 11.0. The summed E-state index contributed by atoms with van der Waals surface area (Å²) in [6.45, 7) is 5.34. The second kappa shape index (κ2) is 10.7. The number of carbonyl (C=O) groups is 1. The van der Waals surface area contributed by atoms with E-state index in [0.717, 1.165) is 55.3 Å². The number of benzene rings is 2. The Balaban J connectivity index is 1.48. The molecule has 168 valence electrons. The van der Waals surface area contributed by atoms with E-state index >= 15 is 0 Å². The first-order chi connectivity index (χ1) is 15.7. The van der Waals surface area contributed by atoms with Crippen molar-refractivity contribution in [2.75, 3.05) is 32.5 Å². The molecule has 0 radical (unpaired) electrons. The molecule has 2 heterocycles. The van der Waals surface area contributed by atoms with Crippen LogP contribution in [0.2, 0.25) is 0 Å². The average Bonchev–Trinajstić information content (AvgIpc) is 3.28. The predicted octanol–water partition coefficient (Wildman–Crippen LogP) is 3.64. The van der Waals surface area contributed by atoms with Crippen LogP contribution in [0.4, 0.5) is 0 Å². The van der Waals surface area contributed by atoms with Gasteiger partial charge in [0.25, 0.3) is 0 Å². The van der Waals surface area contributed by atoms with Gasteiger partial charge in [0.1, 0.15) is 5.75 Å². The highest BCUT2D eigenvalue weighted by Gasteiger charge is 2.21. The van der Waals surface area contributed by atoms with Gasteiger partial charge in [-0.25, -0.2) is 0 Å². The van der Waals surface area contributed by atoms with Gasteiger partial charge in [0.05, 0.1) is 12.9 Å². The number of thioether (sulfide) groups is 1. The van der Waals surface area contributed by atoms with E-state index < -0.39 is 0 Å². The first-order valence-corrected chi connectivity index (χ1v) is 12.0. The molecule has 1 aromatic heterocycles. The normalized spacial score (nSPS) is 14.9. The summed E-state index contributed by atoms with van der Waals surface area (Å²) in [6.07, 6.45) is 2.01. The van der Waals surface area contributed by atoms with Crippen molar-refractivity contribution in [1.29, 1.82) is 0 Å². The summed E-state index contributed by atoms with van der Waals surface area (Å²) in [7, 11) is 1.65. The van der Waals surface area contributed by atoms with Gasteiger partial charge >= 0.3 is 0 Å². The van der Waals surface area contributed by atoms with Crippen molar-refractivity contribution in [3.05, 3.63) is 54.6 Å². The molecule has 7 nitrogen and oxygen atoms in total. The van der Waals surface area contributed by atoms with Gasteiger partial charge in [0.2, 0.25) is 5.91 Å². The molecule has 1 N–H and O–H groups in total. The maximum Gasteiger partial charge on any atom is 0.230 e. The highest BCUT2D eigenvalue weighted by atomic mass is 32.2. The lowest BCUT2D eigenvalue weighted by atomic mass is 10.1. The lowest BCUT2D eigenvalue weighted by molar-refractivity contribution is -0.119. The molecule has 1 fully saturated rings. The van der Waals surface area contributed by atoms with Crippen LogP contribution >= 0.6 is 11.8 Å². The molecule has 0 atom stereocenters. The van der Waals surface area contributed by atoms with Gasteiger partial charge in [-0.15, -0.1) is 10.2 Å². The zero-order chi connectivity index (χ0) is 22.3. The summed E-state index contributed by atoms with van der Waals surface area (Å²) in [5.74, 6) is 1.87. The molecule has 4 rings (SSSR count). The Morgan fingerprint density at radius 1 is 1.09 bits per heavy atom. The number of likely N-dealkylation sites (tertiary alicyclic amines) is 1. The van der Waals surface area contributed by atoms with E-state index in [4.69, 9.17) is 4.74 Å². The van der Waals surface area contributed by atoms with Crippen LogP contribution in [0.1, 0.15) is 19.8 Å². The molecule has 2 aromatic carbocycles. The molecule has 32 heavy (non-hydrogen) atoms. The molecule has 8 heteroatoms. The van der Waals surface area contributed by atoms with Gasteiger partial charge < -0.3 is 15.0 Å². The highest BCUT2D eigenvalue weighted by molar-refractivity contribution is 7.99. The van der Waals surface area contributed by atoms with E-state index in [0.29, 0.717) is 10.9 Å². The molecule has 1 amide bonds. The Hall–Kier alpha value is -2.84. The highest BCUT2D eigenvalue weighted by Crippen LogP contribution is 2.29. The minimum Gasteiger partial charge on any atom is -0.497 e. The molecule has 0 aliphatic carbocycles. The van der Waals surface area contributed by atoms with Crippen LogP contribution in [0, 0.1) is 0 Å². The molecule has 0 unspecified atom stereocenters. The molecule has 1 saturated heterocycles. The van der Waals surface area contributed by atoms with Gasteiger partial charge in [-0.2, -0.15) is 0 Å². The summed E-state index contributed by atoms with van der Waals surface area (Å²) < 4.78 is 7.27. The average molecular weight is 452 g/mol. The van der Waals surface area contributed by atoms with E-state index in [1.54, 1.807) is 7.11 Å². The molecule has 3 aromatic rings. The summed E-state index contributed by atoms with van der Waals surface area (Å²) in [4.78, 5) is 15.0. The zero-order valence-electron chi connectivity index (χ0n) is 18.5. The molecule has 0 spiro atoms. The number of ether oxygens (including phenoxy) is 1. The third kappa shape index (κ3) is 5.31. The molecule has 1 aliphatic heterocycles. The van der Waals surface area contributed by atoms with Crippen LogP contribution in [0.25, 0.3) is 17.1 Å². The lowest BCUT2D eigenvalue weighted by Gasteiger charge is -2.31. The largest absolute Gasteiger partial charge is 0.497 e. The number of para-hydroxylation sites is 1. The predicted molar refractivity (Wildman–Crippen MR) is 127 cm³/mol. The first kappa shape index (κ1) is 22.4. The Bertz CT molecular complexity index is 1010. The molecule has 0 bridgehead atoms. The third-order valence-electron chi connectivity index (χ3n) is 5.73. The summed E-state index contributed by atoms with van der Waals surface area (Å²) in [6, 6.07) is 18.0. The van der Waals surface area contributed by atoms with E-state index in [1.807, 2.05) is 59.2 Å². The smallest absolute Gasteiger partial charge is 0.230 e. The van der Waals surface area contributed by atoms with Crippen molar-refractivity contribution in [2.45, 2.75) is 31.0 Å². The topological polar surface area (TPSA) is 72.3 Å². The number of carbonyl (C=O) groups excluding carboxylic acids is 1. The van der Waals surface area contributed by atoms with Gasteiger partial charge in [0.15, 0.2) is 11.0 Å². The van der Waals surface area contributed by atoms with Crippen LogP contribution in [-0.2, 0) is 4.79 Å². The molecular weight excluding hydrogens is 422 g/mol. The second-order valence-electron chi connectivity index (χ2n) is 7.77. The van der Waals surface area contributed by atoms with E-state index in [1.165, 1.54) is 11.8 Å². The standard InChI is InChI=1S/C24H29N5O2S/c1-3-28-15-13-19(14-16-28)25-22(30)17-32-24-27-26-23(18-9-11-21(31-2)12-10-18)29(24)20-7-5-4-6-8-20/h4-12,19H,3,13-17H2,1-2H3,(H,25,30). The Morgan fingerprint density at radius 3 is 2.47 bits per heavy atom. The van der Waals surface area contributed by atoms with Crippen molar-refractivity contribution in [1.82, 2.24) is 25.0 Å². The monoisotopic (exact) mass is 451 g/mol. The van der Waals surface area contributed by atoms with Crippen molar-refractivity contribution in [2.24, 2.45) is 0 Å². The van der Waals surface area contributed by atoms with E-state index in [-0.39, 0.29) is 11.9 Å². The Kier molecular flexibility index (Phi) is 7.44. The van der Waals surface area contributed by atoms with Crippen molar-refractivity contribution < 1.29 is 9.53 Å².